The summed E-state index contributed by atoms with van der Waals surface area (Å²) in [7, 11) is 0. The molecule has 124 valence electrons. The van der Waals surface area contributed by atoms with Crippen LogP contribution in [0.2, 0.25) is 0 Å². The maximum atomic E-state index is 12.5. The number of hydrogen-bond donors (Lipinski definition) is 2. The van der Waals surface area contributed by atoms with Crippen molar-refractivity contribution >= 4 is 23.2 Å². The number of carbonyl (C=O) groups excluding carboxylic acids is 2. The molecule has 0 aliphatic rings. The van der Waals surface area contributed by atoms with Crippen LogP contribution in [-0.2, 0) is 4.79 Å². The molecule has 2 N–H and O–H groups in total. The average Bonchev–Trinajstić information content (AvgIpc) is 2.63. The highest BCUT2D eigenvalue weighted by molar-refractivity contribution is 6.06. The maximum absolute atomic E-state index is 12.5. The van der Waals surface area contributed by atoms with Gasteiger partial charge in [-0.25, -0.2) is 0 Å². The lowest BCUT2D eigenvalue weighted by molar-refractivity contribution is -0.114. The van der Waals surface area contributed by atoms with Crippen molar-refractivity contribution in [2.75, 3.05) is 10.6 Å². The van der Waals surface area contributed by atoms with Gasteiger partial charge in [0.1, 0.15) is 0 Å². The fourth-order valence-corrected chi connectivity index (χ4v) is 2.56. The molecule has 3 aromatic rings. The molecule has 0 saturated heterocycles. The Morgan fingerprint density at radius 3 is 2.04 bits per heavy atom. The largest absolute Gasteiger partial charge is 0.326 e. The van der Waals surface area contributed by atoms with E-state index in [2.05, 4.69) is 10.6 Å². The molecule has 0 aliphatic heterocycles. The van der Waals surface area contributed by atoms with Crippen LogP contribution in [0, 0.1) is 0 Å². The zero-order valence-corrected chi connectivity index (χ0v) is 13.8. The summed E-state index contributed by atoms with van der Waals surface area (Å²) >= 11 is 0. The summed E-state index contributed by atoms with van der Waals surface area (Å²) < 4.78 is 0. The van der Waals surface area contributed by atoms with Crippen LogP contribution >= 0.6 is 0 Å². The Balaban J connectivity index is 1.81. The van der Waals surface area contributed by atoms with Gasteiger partial charge in [0.05, 0.1) is 0 Å². The minimum Gasteiger partial charge on any atom is -0.326 e. The molecule has 0 heterocycles. The van der Waals surface area contributed by atoms with E-state index < -0.39 is 0 Å². The number of benzene rings is 3. The van der Waals surface area contributed by atoms with E-state index in [-0.39, 0.29) is 11.8 Å². The molecule has 2 amide bonds. The number of hydrogen-bond acceptors (Lipinski definition) is 2. The lowest BCUT2D eigenvalue weighted by Gasteiger charge is -2.11. The highest BCUT2D eigenvalue weighted by Crippen LogP contribution is 2.28. The molecule has 0 spiro atoms. The number of rotatable bonds is 4. The Kier molecular flexibility index (Phi) is 4.90. The minimum absolute atomic E-state index is 0.144. The number of amides is 2. The van der Waals surface area contributed by atoms with Crippen LogP contribution in [0.1, 0.15) is 17.3 Å². The molecule has 0 aliphatic carbocycles. The second kappa shape index (κ2) is 7.45. The molecule has 25 heavy (non-hydrogen) atoms. The molecule has 4 heteroatoms. The predicted octanol–water partition coefficient (Wildman–Crippen LogP) is 4.56. The Bertz CT molecular complexity index is 887. The molecule has 4 nitrogen and oxygen atoms in total. The monoisotopic (exact) mass is 330 g/mol. The lowest BCUT2D eigenvalue weighted by atomic mass is 10.0. The van der Waals surface area contributed by atoms with Crippen molar-refractivity contribution in [1.29, 1.82) is 0 Å². The summed E-state index contributed by atoms with van der Waals surface area (Å²) in [5.41, 5.74) is 3.95. The first-order chi connectivity index (χ1) is 12.1. The summed E-state index contributed by atoms with van der Waals surface area (Å²) in [6.45, 7) is 1.45. The van der Waals surface area contributed by atoms with E-state index in [0.29, 0.717) is 11.3 Å². The van der Waals surface area contributed by atoms with Gasteiger partial charge in [-0.05, 0) is 35.9 Å². The number of para-hydroxylation sites is 1. The van der Waals surface area contributed by atoms with Gasteiger partial charge in [-0.2, -0.15) is 0 Å². The fourth-order valence-electron chi connectivity index (χ4n) is 2.56. The van der Waals surface area contributed by atoms with Crippen molar-refractivity contribution in [1.82, 2.24) is 0 Å². The van der Waals surface area contributed by atoms with Gasteiger partial charge in [0, 0.05) is 29.4 Å². The highest BCUT2D eigenvalue weighted by atomic mass is 16.2. The molecule has 3 rings (SSSR count). The summed E-state index contributed by atoms with van der Waals surface area (Å²) in [5, 5.41) is 5.64. The Morgan fingerprint density at radius 1 is 0.720 bits per heavy atom. The van der Waals surface area contributed by atoms with Crippen LogP contribution in [-0.4, -0.2) is 11.8 Å². The first-order valence-corrected chi connectivity index (χ1v) is 7.97. The lowest BCUT2D eigenvalue weighted by Crippen LogP contribution is -2.13. The summed E-state index contributed by atoms with van der Waals surface area (Å²) in [5.74, 6) is -0.341. The quantitative estimate of drug-likeness (QED) is 0.736. The third-order valence-electron chi connectivity index (χ3n) is 3.73. The number of nitrogens with one attached hydrogen (secondary N) is 2. The molecule has 0 atom stereocenters. The average molecular weight is 330 g/mol. The Labute approximate surface area is 146 Å². The van der Waals surface area contributed by atoms with Gasteiger partial charge < -0.3 is 10.6 Å². The van der Waals surface area contributed by atoms with E-state index in [1.807, 2.05) is 54.6 Å². The van der Waals surface area contributed by atoms with Gasteiger partial charge in [0.2, 0.25) is 5.91 Å². The van der Waals surface area contributed by atoms with E-state index >= 15 is 0 Å². The van der Waals surface area contributed by atoms with E-state index in [1.54, 1.807) is 24.3 Å². The third kappa shape index (κ3) is 4.12. The van der Waals surface area contributed by atoms with Crippen LogP contribution in [0.4, 0.5) is 11.4 Å². The van der Waals surface area contributed by atoms with Crippen molar-refractivity contribution in [2.24, 2.45) is 0 Å². The Hall–Kier alpha value is -3.40. The van der Waals surface area contributed by atoms with Crippen LogP contribution in [0.25, 0.3) is 11.1 Å². The Morgan fingerprint density at radius 2 is 1.36 bits per heavy atom. The van der Waals surface area contributed by atoms with Gasteiger partial charge in [-0.1, -0.05) is 48.5 Å². The predicted molar refractivity (Wildman–Crippen MR) is 101 cm³/mol. The van der Waals surface area contributed by atoms with Crippen molar-refractivity contribution in [3.05, 3.63) is 84.4 Å². The topological polar surface area (TPSA) is 58.2 Å². The highest BCUT2D eigenvalue weighted by Gasteiger charge is 2.10. The molecule has 0 unspecified atom stereocenters. The first-order valence-electron chi connectivity index (χ1n) is 7.97. The van der Waals surface area contributed by atoms with E-state index in [0.717, 1.165) is 16.8 Å². The van der Waals surface area contributed by atoms with Crippen LogP contribution in [0.3, 0.4) is 0 Å². The smallest absolute Gasteiger partial charge is 0.255 e. The zero-order valence-electron chi connectivity index (χ0n) is 13.8. The molecule has 0 fully saturated rings. The van der Waals surface area contributed by atoms with E-state index in [9.17, 15) is 9.59 Å². The van der Waals surface area contributed by atoms with Gasteiger partial charge in [-0.3, -0.25) is 9.59 Å². The fraction of sp³-hybridized carbons (Fsp3) is 0.0476. The van der Waals surface area contributed by atoms with Crippen LogP contribution in [0.15, 0.2) is 78.9 Å². The molecular formula is C21H18N2O2. The maximum Gasteiger partial charge on any atom is 0.255 e. The normalized spacial score (nSPS) is 10.1. The molecule has 3 aromatic carbocycles. The zero-order chi connectivity index (χ0) is 17.6. The summed E-state index contributed by atoms with van der Waals surface area (Å²) in [6.07, 6.45) is 0. The second-order valence-electron chi connectivity index (χ2n) is 5.62. The van der Waals surface area contributed by atoms with Crippen molar-refractivity contribution in [3.63, 3.8) is 0 Å². The minimum atomic E-state index is -0.197. The van der Waals surface area contributed by atoms with Gasteiger partial charge in [-0.15, -0.1) is 0 Å². The van der Waals surface area contributed by atoms with Gasteiger partial charge in [0.25, 0.3) is 5.91 Å². The van der Waals surface area contributed by atoms with Crippen LogP contribution in [0.5, 0.6) is 0 Å². The van der Waals surface area contributed by atoms with Crippen molar-refractivity contribution in [2.45, 2.75) is 6.92 Å². The second-order valence-corrected chi connectivity index (χ2v) is 5.62. The molecule has 0 radical (unpaired) electrons. The van der Waals surface area contributed by atoms with Gasteiger partial charge >= 0.3 is 0 Å². The molecule has 0 saturated carbocycles. The third-order valence-corrected chi connectivity index (χ3v) is 3.73. The van der Waals surface area contributed by atoms with Crippen molar-refractivity contribution in [3.8, 4) is 11.1 Å². The summed E-state index contributed by atoms with van der Waals surface area (Å²) in [4.78, 5) is 23.6. The first kappa shape index (κ1) is 16.5. The number of carbonyl (C=O) groups is 2. The van der Waals surface area contributed by atoms with Crippen LogP contribution < -0.4 is 10.6 Å². The van der Waals surface area contributed by atoms with E-state index in [1.165, 1.54) is 6.92 Å². The number of anilines is 2. The van der Waals surface area contributed by atoms with Gasteiger partial charge in [0.15, 0.2) is 0 Å². The molecule has 0 bridgehead atoms. The SMILES string of the molecule is CC(=O)Nc1ccc(C(=O)Nc2ccccc2-c2ccccc2)cc1. The standard InChI is InChI=1S/C21H18N2O2/c1-15(24)22-18-13-11-17(12-14-18)21(25)23-20-10-6-5-9-19(20)16-7-3-2-4-8-16/h2-14H,1H3,(H,22,24)(H,23,25). The summed E-state index contributed by atoms with van der Waals surface area (Å²) in [6, 6.07) is 24.4. The molecule has 0 aromatic heterocycles. The molecular weight excluding hydrogens is 312 g/mol. The van der Waals surface area contributed by atoms with E-state index in [4.69, 9.17) is 0 Å². The van der Waals surface area contributed by atoms with Crippen molar-refractivity contribution < 1.29 is 9.59 Å².